The van der Waals surface area contributed by atoms with E-state index in [0.717, 1.165) is 25.9 Å². The first-order valence-electron chi connectivity index (χ1n) is 7.18. The molecule has 1 saturated heterocycles. The molecule has 2 rings (SSSR count). The van der Waals surface area contributed by atoms with Gasteiger partial charge in [0.2, 0.25) is 0 Å². The van der Waals surface area contributed by atoms with Gasteiger partial charge >= 0.3 is 0 Å². The molecule has 3 heteroatoms. The molecule has 106 valence electrons. The molecule has 1 fully saturated rings. The smallest absolute Gasteiger partial charge is 0.0666 e. The molecule has 0 aliphatic carbocycles. The van der Waals surface area contributed by atoms with E-state index in [9.17, 15) is 0 Å². The van der Waals surface area contributed by atoms with Crippen molar-refractivity contribution in [1.29, 1.82) is 0 Å². The van der Waals surface area contributed by atoms with E-state index < -0.39 is 0 Å². The molecule has 0 saturated carbocycles. The van der Waals surface area contributed by atoms with Crippen molar-refractivity contribution in [2.75, 3.05) is 6.61 Å². The SMILES string of the molecule is CCC1(C)CC(N[C@@H](C)c2ccccc2Br)CCO1. The summed E-state index contributed by atoms with van der Waals surface area (Å²) in [5.74, 6) is 0. The highest BCUT2D eigenvalue weighted by molar-refractivity contribution is 9.10. The summed E-state index contributed by atoms with van der Waals surface area (Å²) >= 11 is 3.63. The van der Waals surface area contributed by atoms with E-state index in [4.69, 9.17) is 4.74 Å². The number of ether oxygens (including phenoxy) is 1. The van der Waals surface area contributed by atoms with Crippen molar-refractivity contribution in [2.24, 2.45) is 0 Å². The Morgan fingerprint density at radius 3 is 2.89 bits per heavy atom. The summed E-state index contributed by atoms with van der Waals surface area (Å²) in [6.07, 6.45) is 3.28. The van der Waals surface area contributed by atoms with Crippen LogP contribution in [-0.2, 0) is 4.74 Å². The van der Waals surface area contributed by atoms with E-state index in [2.05, 4.69) is 66.3 Å². The average Bonchev–Trinajstić information content (AvgIpc) is 2.39. The second-order valence-electron chi connectivity index (χ2n) is 5.75. The zero-order valence-corrected chi connectivity index (χ0v) is 13.7. The zero-order chi connectivity index (χ0) is 13.9. The van der Waals surface area contributed by atoms with Crippen LogP contribution in [-0.4, -0.2) is 18.2 Å². The van der Waals surface area contributed by atoms with E-state index in [1.165, 1.54) is 10.0 Å². The zero-order valence-electron chi connectivity index (χ0n) is 12.1. The summed E-state index contributed by atoms with van der Waals surface area (Å²) in [6.45, 7) is 7.53. The van der Waals surface area contributed by atoms with Crippen LogP contribution in [0, 0.1) is 0 Å². The predicted octanol–water partition coefficient (Wildman–Crippen LogP) is 4.45. The number of benzene rings is 1. The molecule has 1 N–H and O–H groups in total. The first kappa shape index (κ1) is 15.0. The first-order chi connectivity index (χ1) is 9.04. The first-order valence-corrected chi connectivity index (χ1v) is 7.98. The second-order valence-corrected chi connectivity index (χ2v) is 6.61. The maximum atomic E-state index is 5.91. The van der Waals surface area contributed by atoms with Crippen LogP contribution in [0.4, 0.5) is 0 Å². The Hall–Kier alpha value is -0.380. The number of rotatable bonds is 4. The monoisotopic (exact) mass is 325 g/mol. The van der Waals surface area contributed by atoms with Crippen LogP contribution in [0.5, 0.6) is 0 Å². The highest BCUT2D eigenvalue weighted by atomic mass is 79.9. The van der Waals surface area contributed by atoms with Crippen molar-refractivity contribution >= 4 is 15.9 Å². The van der Waals surface area contributed by atoms with Gasteiger partial charge in [-0.25, -0.2) is 0 Å². The van der Waals surface area contributed by atoms with Crippen molar-refractivity contribution in [3.8, 4) is 0 Å². The minimum atomic E-state index is 0.0452. The minimum Gasteiger partial charge on any atom is -0.375 e. The maximum Gasteiger partial charge on any atom is 0.0666 e. The molecule has 2 nitrogen and oxygen atoms in total. The quantitative estimate of drug-likeness (QED) is 0.883. The molecule has 1 aliphatic rings. The van der Waals surface area contributed by atoms with Gasteiger partial charge in [-0.2, -0.15) is 0 Å². The van der Waals surface area contributed by atoms with Gasteiger partial charge in [-0.3, -0.25) is 0 Å². The van der Waals surface area contributed by atoms with Crippen LogP contribution in [0.2, 0.25) is 0 Å². The summed E-state index contributed by atoms with van der Waals surface area (Å²) in [5.41, 5.74) is 1.37. The largest absolute Gasteiger partial charge is 0.375 e. The Morgan fingerprint density at radius 2 is 2.21 bits per heavy atom. The van der Waals surface area contributed by atoms with Crippen molar-refractivity contribution in [1.82, 2.24) is 5.32 Å². The van der Waals surface area contributed by atoms with Gasteiger partial charge in [0.25, 0.3) is 0 Å². The number of hydrogen-bond donors (Lipinski definition) is 1. The Labute approximate surface area is 125 Å². The summed E-state index contributed by atoms with van der Waals surface area (Å²) in [5, 5.41) is 3.76. The Bertz CT molecular complexity index is 423. The summed E-state index contributed by atoms with van der Waals surface area (Å²) in [4.78, 5) is 0. The molecule has 0 amide bonds. The Morgan fingerprint density at radius 1 is 1.47 bits per heavy atom. The van der Waals surface area contributed by atoms with E-state index in [1.807, 2.05) is 0 Å². The third-order valence-electron chi connectivity index (χ3n) is 4.20. The van der Waals surface area contributed by atoms with Gasteiger partial charge in [0, 0.05) is 23.2 Å². The van der Waals surface area contributed by atoms with E-state index >= 15 is 0 Å². The van der Waals surface area contributed by atoms with Crippen molar-refractivity contribution < 1.29 is 4.74 Å². The van der Waals surface area contributed by atoms with Gasteiger partial charge in [-0.1, -0.05) is 41.1 Å². The molecule has 3 atom stereocenters. The molecular weight excluding hydrogens is 302 g/mol. The predicted molar refractivity (Wildman–Crippen MR) is 83.4 cm³/mol. The number of halogens is 1. The molecule has 0 aromatic heterocycles. The molecule has 1 aliphatic heterocycles. The number of hydrogen-bond acceptors (Lipinski definition) is 2. The molecule has 2 unspecified atom stereocenters. The Balaban J connectivity index is 1.99. The van der Waals surface area contributed by atoms with Crippen LogP contribution < -0.4 is 5.32 Å². The molecule has 1 heterocycles. The average molecular weight is 326 g/mol. The van der Waals surface area contributed by atoms with Crippen molar-refractivity contribution in [2.45, 2.75) is 57.7 Å². The topological polar surface area (TPSA) is 21.3 Å². The maximum absolute atomic E-state index is 5.91. The molecule has 1 aromatic carbocycles. The molecule has 0 bridgehead atoms. The lowest BCUT2D eigenvalue weighted by molar-refractivity contribution is -0.0789. The lowest BCUT2D eigenvalue weighted by Gasteiger charge is -2.39. The molecule has 0 radical (unpaired) electrons. The fourth-order valence-electron chi connectivity index (χ4n) is 2.79. The highest BCUT2D eigenvalue weighted by Gasteiger charge is 2.32. The third-order valence-corrected chi connectivity index (χ3v) is 4.92. The lowest BCUT2D eigenvalue weighted by atomic mass is 9.89. The third kappa shape index (κ3) is 3.80. The van der Waals surface area contributed by atoms with Gasteiger partial charge in [-0.15, -0.1) is 0 Å². The fraction of sp³-hybridized carbons (Fsp3) is 0.625. The summed E-state index contributed by atoms with van der Waals surface area (Å²) in [6, 6.07) is 9.34. The molecule has 1 aromatic rings. The van der Waals surface area contributed by atoms with E-state index in [-0.39, 0.29) is 5.60 Å². The van der Waals surface area contributed by atoms with Gasteiger partial charge in [0.15, 0.2) is 0 Å². The highest BCUT2D eigenvalue weighted by Crippen LogP contribution is 2.30. The number of nitrogens with one attached hydrogen (secondary N) is 1. The van der Waals surface area contributed by atoms with Crippen LogP contribution in [0.3, 0.4) is 0 Å². The van der Waals surface area contributed by atoms with Gasteiger partial charge in [0.1, 0.15) is 0 Å². The van der Waals surface area contributed by atoms with Crippen molar-refractivity contribution in [3.05, 3.63) is 34.3 Å². The van der Waals surface area contributed by atoms with Gasteiger partial charge < -0.3 is 10.1 Å². The molecule has 19 heavy (non-hydrogen) atoms. The Kier molecular flexibility index (Phi) is 5.04. The standard InChI is InChI=1S/C16H24BrNO/c1-4-16(3)11-13(9-10-19-16)18-12(2)14-7-5-6-8-15(14)17/h5-8,12-13,18H,4,9-11H2,1-3H3/t12-,13?,16?/m0/s1. The minimum absolute atomic E-state index is 0.0452. The normalized spacial score (nSPS) is 29.2. The molecular formula is C16H24BrNO. The van der Waals surface area contributed by atoms with Crippen LogP contribution in [0.1, 0.15) is 51.6 Å². The van der Waals surface area contributed by atoms with Gasteiger partial charge in [0.05, 0.1) is 5.60 Å². The van der Waals surface area contributed by atoms with Crippen LogP contribution >= 0.6 is 15.9 Å². The fourth-order valence-corrected chi connectivity index (χ4v) is 3.42. The summed E-state index contributed by atoms with van der Waals surface area (Å²) in [7, 11) is 0. The van der Waals surface area contributed by atoms with Crippen LogP contribution in [0.25, 0.3) is 0 Å². The van der Waals surface area contributed by atoms with Crippen molar-refractivity contribution in [3.63, 3.8) is 0 Å². The second kappa shape index (κ2) is 6.38. The van der Waals surface area contributed by atoms with Gasteiger partial charge in [-0.05, 0) is 44.7 Å². The van der Waals surface area contributed by atoms with Crippen LogP contribution in [0.15, 0.2) is 28.7 Å². The van der Waals surface area contributed by atoms with E-state index in [0.29, 0.717) is 12.1 Å². The lowest BCUT2D eigenvalue weighted by Crippen LogP contribution is -2.45. The molecule has 0 spiro atoms. The van der Waals surface area contributed by atoms with E-state index in [1.54, 1.807) is 0 Å². The summed E-state index contributed by atoms with van der Waals surface area (Å²) < 4.78 is 7.09.